The lowest BCUT2D eigenvalue weighted by molar-refractivity contribution is 0.0871. The Labute approximate surface area is 121 Å². The molecule has 1 amide bonds. The molecule has 0 aromatic heterocycles. The Morgan fingerprint density at radius 2 is 2.15 bits per heavy atom. The van der Waals surface area contributed by atoms with Crippen LogP contribution in [0.15, 0.2) is 23.1 Å². The van der Waals surface area contributed by atoms with Gasteiger partial charge < -0.3 is 10.1 Å². The standard InChI is InChI=1S/C12H15ClFNO4S/c1-3-19-7-8(2)15-12(16)9-4-5-10(14)11(6-9)20(13,17)18/h4-6,8H,3,7H2,1-2H3,(H,15,16). The van der Waals surface area contributed by atoms with Gasteiger partial charge in [-0.1, -0.05) is 0 Å². The minimum atomic E-state index is -4.24. The van der Waals surface area contributed by atoms with E-state index in [-0.39, 0.29) is 11.6 Å². The molecule has 0 saturated carbocycles. The van der Waals surface area contributed by atoms with Gasteiger partial charge in [-0.15, -0.1) is 0 Å². The van der Waals surface area contributed by atoms with Crippen molar-refractivity contribution in [3.8, 4) is 0 Å². The van der Waals surface area contributed by atoms with E-state index in [0.717, 1.165) is 12.1 Å². The second-order valence-corrected chi connectivity index (χ2v) is 6.65. The molecule has 1 atom stereocenters. The summed E-state index contributed by atoms with van der Waals surface area (Å²) in [4.78, 5) is 11.2. The summed E-state index contributed by atoms with van der Waals surface area (Å²) in [5.41, 5.74) is 0.00831. The van der Waals surface area contributed by atoms with Crippen molar-refractivity contribution in [3.63, 3.8) is 0 Å². The molecular weight excluding hydrogens is 309 g/mol. The van der Waals surface area contributed by atoms with Crippen LogP contribution in [-0.2, 0) is 13.8 Å². The lowest BCUT2D eigenvalue weighted by atomic mass is 10.2. The van der Waals surface area contributed by atoms with E-state index in [0.29, 0.717) is 13.2 Å². The Bertz CT molecular complexity index is 591. The van der Waals surface area contributed by atoms with Crippen molar-refractivity contribution in [3.05, 3.63) is 29.6 Å². The van der Waals surface area contributed by atoms with Crippen LogP contribution >= 0.6 is 10.7 Å². The summed E-state index contributed by atoms with van der Waals surface area (Å²) < 4.78 is 40.8. The second-order valence-electron chi connectivity index (χ2n) is 4.12. The average molecular weight is 324 g/mol. The molecule has 112 valence electrons. The third-order valence-electron chi connectivity index (χ3n) is 2.41. The average Bonchev–Trinajstić information content (AvgIpc) is 2.35. The summed E-state index contributed by atoms with van der Waals surface area (Å²) in [5.74, 6) is -1.53. The van der Waals surface area contributed by atoms with Gasteiger partial charge in [0, 0.05) is 28.9 Å². The molecule has 1 N–H and O–H groups in total. The fourth-order valence-electron chi connectivity index (χ4n) is 1.47. The minimum Gasteiger partial charge on any atom is -0.380 e. The van der Waals surface area contributed by atoms with E-state index in [1.807, 2.05) is 6.92 Å². The molecule has 5 nitrogen and oxygen atoms in total. The molecule has 0 fully saturated rings. The van der Waals surface area contributed by atoms with Crippen molar-refractivity contribution in [1.29, 1.82) is 0 Å². The molecule has 0 saturated heterocycles. The quantitative estimate of drug-likeness (QED) is 0.812. The minimum absolute atomic E-state index is 0.00831. The highest BCUT2D eigenvalue weighted by Crippen LogP contribution is 2.20. The van der Waals surface area contributed by atoms with Gasteiger partial charge in [0.25, 0.3) is 15.0 Å². The predicted molar refractivity (Wildman–Crippen MR) is 72.9 cm³/mol. The van der Waals surface area contributed by atoms with Gasteiger partial charge in [-0.3, -0.25) is 4.79 Å². The van der Waals surface area contributed by atoms with E-state index in [4.69, 9.17) is 15.4 Å². The van der Waals surface area contributed by atoms with E-state index in [2.05, 4.69) is 5.32 Å². The highest BCUT2D eigenvalue weighted by atomic mass is 35.7. The molecule has 0 heterocycles. The monoisotopic (exact) mass is 323 g/mol. The normalized spacial score (nSPS) is 13.0. The molecule has 0 aliphatic heterocycles. The highest BCUT2D eigenvalue weighted by molar-refractivity contribution is 8.13. The van der Waals surface area contributed by atoms with Crippen LogP contribution in [-0.4, -0.2) is 33.6 Å². The summed E-state index contributed by atoms with van der Waals surface area (Å²) >= 11 is 0. The van der Waals surface area contributed by atoms with Gasteiger partial charge in [0.1, 0.15) is 10.7 Å². The number of benzene rings is 1. The molecule has 1 rings (SSSR count). The summed E-state index contributed by atoms with van der Waals surface area (Å²) in [6.07, 6.45) is 0. The van der Waals surface area contributed by atoms with Gasteiger partial charge in [-0.25, -0.2) is 12.8 Å². The summed E-state index contributed by atoms with van der Waals surface area (Å²) in [7, 11) is 0.856. The van der Waals surface area contributed by atoms with Crippen LogP contribution in [0.2, 0.25) is 0 Å². The van der Waals surface area contributed by atoms with E-state index in [1.54, 1.807) is 6.92 Å². The number of hydrogen-bond donors (Lipinski definition) is 1. The second kappa shape index (κ2) is 7.01. The summed E-state index contributed by atoms with van der Waals surface area (Å²) in [6.45, 7) is 4.40. The van der Waals surface area contributed by atoms with Gasteiger partial charge in [0.05, 0.1) is 6.61 Å². The Balaban J connectivity index is 2.90. The predicted octanol–water partition coefficient (Wildman–Crippen LogP) is 1.91. The third kappa shape index (κ3) is 4.73. The van der Waals surface area contributed by atoms with E-state index >= 15 is 0 Å². The number of carbonyl (C=O) groups is 1. The zero-order valence-electron chi connectivity index (χ0n) is 11.0. The van der Waals surface area contributed by atoms with Gasteiger partial charge in [0.2, 0.25) is 0 Å². The van der Waals surface area contributed by atoms with Crippen LogP contribution in [0.3, 0.4) is 0 Å². The Kier molecular flexibility index (Phi) is 5.91. The maximum Gasteiger partial charge on any atom is 0.264 e. The van der Waals surface area contributed by atoms with Crippen LogP contribution in [0.25, 0.3) is 0 Å². The molecule has 8 heteroatoms. The molecule has 1 aromatic carbocycles. The number of rotatable bonds is 6. The molecule has 0 radical (unpaired) electrons. The van der Waals surface area contributed by atoms with Gasteiger partial charge >= 0.3 is 0 Å². The lowest BCUT2D eigenvalue weighted by Crippen LogP contribution is -2.36. The molecule has 20 heavy (non-hydrogen) atoms. The fourth-order valence-corrected chi connectivity index (χ4v) is 2.40. The van der Waals surface area contributed by atoms with Crippen LogP contribution in [0.4, 0.5) is 4.39 Å². The van der Waals surface area contributed by atoms with Crippen LogP contribution < -0.4 is 5.32 Å². The van der Waals surface area contributed by atoms with E-state index < -0.39 is 25.7 Å². The maximum absolute atomic E-state index is 13.3. The molecular formula is C12H15ClFNO4S. The van der Waals surface area contributed by atoms with E-state index in [1.165, 1.54) is 6.07 Å². The number of carbonyl (C=O) groups excluding carboxylic acids is 1. The van der Waals surface area contributed by atoms with Crippen molar-refractivity contribution >= 4 is 25.6 Å². The molecule has 0 aliphatic carbocycles. The third-order valence-corrected chi connectivity index (χ3v) is 3.74. The van der Waals surface area contributed by atoms with Crippen molar-refractivity contribution in [2.45, 2.75) is 24.8 Å². The number of nitrogens with one attached hydrogen (secondary N) is 1. The van der Waals surface area contributed by atoms with Gasteiger partial charge in [-0.05, 0) is 32.0 Å². The van der Waals surface area contributed by atoms with Crippen molar-refractivity contribution in [2.75, 3.05) is 13.2 Å². The topological polar surface area (TPSA) is 72.5 Å². The first-order valence-electron chi connectivity index (χ1n) is 5.88. The lowest BCUT2D eigenvalue weighted by Gasteiger charge is -2.14. The molecule has 0 aliphatic rings. The number of halogens is 2. The van der Waals surface area contributed by atoms with Crippen molar-refractivity contribution in [2.24, 2.45) is 0 Å². The SMILES string of the molecule is CCOCC(C)NC(=O)c1ccc(F)c(S(=O)(=O)Cl)c1. The number of amides is 1. The Morgan fingerprint density at radius 3 is 2.70 bits per heavy atom. The maximum atomic E-state index is 13.3. The number of ether oxygens (including phenoxy) is 1. The van der Waals surface area contributed by atoms with Crippen molar-refractivity contribution in [1.82, 2.24) is 5.32 Å². The van der Waals surface area contributed by atoms with Gasteiger partial charge in [0.15, 0.2) is 0 Å². The van der Waals surface area contributed by atoms with Crippen molar-refractivity contribution < 1.29 is 22.3 Å². The first-order chi connectivity index (χ1) is 9.25. The molecule has 1 aromatic rings. The molecule has 0 bridgehead atoms. The first kappa shape index (κ1) is 16.9. The fraction of sp³-hybridized carbons (Fsp3) is 0.417. The molecule has 1 unspecified atom stereocenters. The van der Waals surface area contributed by atoms with Crippen LogP contribution in [0, 0.1) is 5.82 Å². The summed E-state index contributed by atoms with van der Waals surface area (Å²) in [6, 6.07) is 2.71. The molecule has 0 spiro atoms. The number of hydrogen-bond acceptors (Lipinski definition) is 4. The Morgan fingerprint density at radius 1 is 1.50 bits per heavy atom. The van der Waals surface area contributed by atoms with Crippen LogP contribution in [0.5, 0.6) is 0 Å². The Hall–Kier alpha value is -1.18. The smallest absolute Gasteiger partial charge is 0.264 e. The van der Waals surface area contributed by atoms with Crippen LogP contribution in [0.1, 0.15) is 24.2 Å². The zero-order valence-corrected chi connectivity index (χ0v) is 12.6. The van der Waals surface area contributed by atoms with E-state index in [9.17, 15) is 17.6 Å². The zero-order chi connectivity index (χ0) is 15.3. The van der Waals surface area contributed by atoms with Gasteiger partial charge in [-0.2, -0.15) is 0 Å². The first-order valence-corrected chi connectivity index (χ1v) is 8.19. The largest absolute Gasteiger partial charge is 0.380 e. The summed E-state index contributed by atoms with van der Waals surface area (Å²) in [5, 5.41) is 2.60. The highest BCUT2D eigenvalue weighted by Gasteiger charge is 2.19.